The first-order valence-corrected chi connectivity index (χ1v) is 8.73. The third-order valence-electron chi connectivity index (χ3n) is 4.37. The van der Waals surface area contributed by atoms with Crippen LogP contribution in [0.15, 0.2) is 36.4 Å². The van der Waals surface area contributed by atoms with Crippen LogP contribution in [0.1, 0.15) is 24.5 Å². The number of nitrogens with one attached hydrogen (secondary N) is 1. The SMILES string of the molecule is COc1ccc(N(CCC(=O)Nc2c(C)cccc2C)C(C)=O)cc1OC. The van der Waals surface area contributed by atoms with Crippen molar-refractivity contribution in [1.29, 1.82) is 0 Å². The first kappa shape index (κ1) is 20.3. The number of methoxy groups -OCH3 is 2. The van der Waals surface area contributed by atoms with Crippen LogP contribution in [0.3, 0.4) is 0 Å². The van der Waals surface area contributed by atoms with E-state index in [9.17, 15) is 9.59 Å². The summed E-state index contributed by atoms with van der Waals surface area (Å²) in [6, 6.07) is 11.1. The summed E-state index contributed by atoms with van der Waals surface area (Å²) in [4.78, 5) is 26.1. The molecule has 0 aromatic heterocycles. The molecule has 1 N–H and O–H groups in total. The maximum Gasteiger partial charge on any atom is 0.226 e. The van der Waals surface area contributed by atoms with E-state index in [1.807, 2.05) is 32.0 Å². The van der Waals surface area contributed by atoms with Gasteiger partial charge in [-0.2, -0.15) is 0 Å². The molecule has 0 aliphatic carbocycles. The molecule has 2 rings (SSSR count). The van der Waals surface area contributed by atoms with E-state index in [1.54, 1.807) is 30.2 Å². The normalized spacial score (nSPS) is 10.3. The van der Waals surface area contributed by atoms with Crippen molar-refractivity contribution in [3.05, 3.63) is 47.5 Å². The summed E-state index contributed by atoms with van der Waals surface area (Å²) in [5.41, 5.74) is 3.49. The van der Waals surface area contributed by atoms with Crippen LogP contribution in [0.4, 0.5) is 11.4 Å². The van der Waals surface area contributed by atoms with E-state index >= 15 is 0 Å². The minimum absolute atomic E-state index is 0.140. The average molecular weight is 370 g/mol. The zero-order chi connectivity index (χ0) is 20.0. The van der Waals surface area contributed by atoms with Crippen LogP contribution in [0.5, 0.6) is 11.5 Å². The maximum atomic E-state index is 12.4. The topological polar surface area (TPSA) is 67.9 Å². The quantitative estimate of drug-likeness (QED) is 0.807. The lowest BCUT2D eigenvalue weighted by molar-refractivity contribution is -0.117. The number of ether oxygens (including phenoxy) is 2. The van der Waals surface area contributed by atoms with Gasteiger partial charge in [-0.05, 0) is 37.1 Å². The van der Waals surface area contributed by atoms with Crippen LogP contribution in [-0.4, -0.2) is 32.6 Å². The molecule has 144 valence electrons. The van der Waals surface area contributed by atoms with Crippen molar-refractivity contribution in [1.82, 2.24) is 0 Å². The number of rotatable bonds is 7. The molecule has 2 aromatic rings. The highest BCUT2D eigenvalue weighted by atomic mass is 16.5. The van der Waals surface area contributed by atoms with Gasteiger partial charge in [0.2, 0.25) is 11.8 Å². The molecule has 0 saturated carbocycles. The van der Waals surface area contributed by atoms with Gasteiger partial charge in [0, 0.05) is 37.3 Å². The van der Waals surface area contributed by atoms with E-state index in [4.69, 9.17) is 9.47 Å². The molecule has 0 heterocycles. The van der Waals surface area contributed by atoms with Crippen molar-refractivity contribution < 1.29 is 19.1 Å². The predicted molar refractivity (Wildman–Crippen MR) is 107 cm³/mol. The molecule has 0 saturated heterocycles. The van der Waals surface area contributed by atoms with Gasteiger partial charge in [-0.25, -0.2) is 0 Å². The van der Waals surface area contributed by atoms with Gasteiger partial charge in [-0.15, -0.1) is 0 Å². The molecular formula is C21H26N2O4. The standard InChI is InChI=1S/C21H26N2O4/c1-14-7-6-8-15(2)21(14)22-20(25)11-12-23(16(3)24)17-9-10-18(26-4)19(13-17)27-5/h6-10,13H,11-12H2,1-5H3,(H,22,25). The largest absolute Gasteiger partial charge is 0.493 e. The zero-order valence-corrected chi connectivity index (χ0v) is 16.5. The van der Waals surface area contributed by atoms with Gasteiger partial charge >= 0.3 is 0 Å². The Bertz CT molecular complexity index is 813. The summed E-state index contributed by atoms with van der Waals surface area (Å²) in [5.74, 6) is 0.819. The van der Waals surface area contributed by atoms with Crippen molar-refractivity contribution in [2.45, 2.75) is 27.2 Å². The monoisotopic (exact) mass is 370 g/mol. The number of hydrogen-bond donors (Lipinski definition) is 1. The van der Waals surface area contributed by atoms with Crippen LogP contribution in [0.25, 0.3) is 0 Å². The lowest BCUT2D eigenvalue weighted by atomic mass is 10.1. The van der Waals surface area contributed by atoms with E-state index < -0.39 is 0 Å². The molecule has 0 fully saturated rings. The number of benzene rings is 2. The number of aryl methyl sites for hydroxylation is 2. The Kier molecular flexibility index (Phi) is 6.82. The Morgan fingerprint density at radius 2 is 1.63 bits per heavy atom. The first-order valence-electron chi connectivity index (χ1n) is 8.73. The van der Waals surface area contributed by atoms with Gasteiger partial charge in [0.15, 0.2) is 11.5 Å². The third kappa shape index (κ3) is 5.00. The van der Waals surface area contributed by atoms with Crippen LogP contribution < -0.4 is 19.7 Å². The summed E-state index contributed by atoms with van der Waals surface area (Å²) in [6.45, 7) is 5.64. The predicted octanol–water partition coefficient (Wildman–Crippen LogP) is 3.70. The molecule has 27 heavy (non-hydrogen) atoms. The highest BCUT2D eigenvalue weighted by molar-refractivity contribution is 5.95. The number of carbonyl (C=O) groups is 2. The fraction of sp³-hybridized carbons (Fsp3) is 0.333. The summed E-state index contributed by atoms with van der Waals surface area (Å²) < 4.78 is 10.5. The number of para-hydroxylation sites is 1. The highest BCUT2D eigenvalue weighted by Gasteiger charge is 2.16. The van der Waals surface area contributed by atoms with Gasteiger partial charge in [-0.3, -0.25) is 9.59 Å². The van der Waals surface area contributed by atoms with Crippen LogP contribution in [0.2, 0.25) is 0 Å². The van der Waals surface area contributed by atoms with Crippen LogP contribution in [0, 0.1) is 13.8 Å². The second-order valence-electron chi connectivity index (χ2n) is 6.27. The van der Waals surface area contributed by atoms with Crippen LogP contribution in [-0.2, 0) is 9.59 Å². The molecular weight excluding hydrogens is 344 g/mol. The number of anilines is 2. The molecule has 0 bridgehead atoms. The van der Waals surface area contributed by atoms with Crippen LogP contribution >= 0.6 is 0 Å². The fourth-order valence-electron chi connectivity index (χ4n) is 2.89. The average Bonchev–Trinajstić information content (AvgIpc) is 2.64. The molecule has 2 aromatic carbocycles. The lowest BCUT2D eigenvalue weighted by Crippen LogP contribution is -2.32. The van der Waals surface area contributed by atoms with Crippen molar-refractivity contribution >= 4 is 23.2 Å². The van der Waals surface area contributed by atoms with E-state index in [0.717, 1.165) is 16.8 Å². The summed E-state index contributed by atoms with van der Waals surface area (Å²) in [6.07, 6.45) is 0.182. The summed E-state index contributed by atoms with van der Waals surface area (Å²) in [7, 11) is 3.09. The van der Waals surface area contributed by atoms with Gasteiger partial charge in [0.05, 0.1) is 14.2 Å². The molecule has 0 spiro atoms. The minimum Gasteiger partial charge on any atom is -0.493 e. The maximum absolute atomic E-state index is 12.4. The zero-order valence-electron chi connectivity index (χ0n) is 16.5. The van der Waals surface area contributed by atoms with E-state index in [2.05, 4.69) is 5.32 Å². The van der Waals surface area contributed by atoms with Gasteiger partial charge in [0.1, 0.15) is 0 Å². The Labute approximate surface area is 160 Å². The molecule has 0 aliphatic heterocycles. The molecule has 0 radical (unpaired) electrons. The number of amides is 2. The van der Waals surface area contributed by atoms with Crippen molar-refractivity contribution in [3.8, 4) is 11.5 Å². The Morgan fingerprint density at radius 3 is 2.19 bits per heavy atom. The third-order valence-corrected chi connectivity index (χ3v) is 4.37. The van der Waals surface area contributed by atoms with E-state index in [1.165, 1.54) is 14.0 Å². The van der Waals surface area contributed by atoms with Gasteiger partial charge in [-0.1, -0.05) is 18.2 Å². The number of hydrogen-bond acceptors (Lipinski definition) is 4. The molecule has 0 aliphatic rings. The minimum atomic E-state index is -0.151. The van der Waals surface area contributed by atoms with Crippen molar-refractivity contribution in [2.75, 3.05) is 31.0 Å². The molecule has 6 heteroatoms. The lowest BCUT2D eigenvalue weighted by Gasteiger charge is -2.22. The molecule has 6 nitrogen and oxygen atoms in total. The second kappa shape index (κ2) is 9.07. The number of carbonyl (C=O) groups excluding carboxylic acids is 2. The Balaban J connectivity index is 2.11. The Morgan fingerprint density at radius 1 is 1.00 bits per heavy atom. The second-order valence-corrected chi connectivity index (χ2v) is 6.27. The summed E-state index contributed by atoms with van der Waals surface area (Å²) in [5, 5.41) is 2.94. The first-order chi connectivity index (χ1) is 12.9. The smallest absolute Gasteiger partial charge is 0.226 e. The molecule has 0 atom stereocenters. The fourth-order valence-corrected chi connectivity index (χ4v) is 2.89. The van der Waals surface area contributed by atoms with Gasteiger partial charge < -0.3 is 19.7 Å². The van der Waals surface area contributed by atoms with Gasteiger partial charge in [0.25, 0.3) is 0 Å². The summed E-state index contributed by atoms with van der Waals surface area (Å²) >= 11 is 0. The van der Waals surface area contributed by atoms with Crippen molar-refractivity contribution in [3.63, 3.8) is 0 Å². The molecule has 0 unspecified atom stereocenters. The van der Waals surface area contributed by atoms with E-state index in [0.29, 0.717) is 17.2 Å². The Hall–Kier alpha value is -3.02. The van der Waals surface area contributed by atoms with E-state index in [-0.39, 0.29) is 24.8 Å². The highest BCUT2D eigenvalue weighted by Crippen LogP contribution is 2.31. The number of nitrogens with zero attached hydrogens (tertiary/aromatic N) is 1. The van der Waals surface area contributed by atoms with Crippen molar-refractivity contribution in [2.24, 2.45) is 0 Å². The molecule has 2 amide bonds.